The maximum Gasteiger partial charge on any atom is 0.257 e. The number of carbonyl (C=O) groups excluding carboxylic acids is 2. The third kappa shape index (κ3) is 4.39. The third-order valence-electron chi connectivity index (χ3n) is 3.79. The summed E-state index contributed by atoms with van der Waals surface area (Å²) in [5, 5.41) is 3.22. The van der Waals surface area contributed by atoms with Gasteiger partial charge in [-0.15, -0.1) is 0 Å². The average molecular weight is 350 g/mol. The molecule has 0 saturated carbocycles. The van der Waals surface area contributed by atoms with Crippen molar-refractivity contribution in [1.82, 2.24) is 4.98 Å². The molecule has 126 valence electrons. The highest BCUT2D eigenvalue weighted by Crippen LogP contribution is 2.25. The van der Waals surface area contributed by atoms with Gasteiger partial charge in [-0.1, -0.05) is 59.9 Å². The minimum atomic E-state index is -0.224. The molecule has 3 aromatic rings. The lowest BCUT2D eigenvalue weighted by Gasteiger charge is -2.01. The minimum Gasteiger partial charge on any atom is -0.298 e. The zero-order valence-corrected chi connectivity index (χ0v) is 14.7. The van der Waals surface area contributed by atoms with Crippen molar-refractivity contribution in [3.8, 4) is 0 Å². The molecule has 1 heterocycles. The van der Waals surface area contributed by atoms with Crippen molar-refractivity contribution < 1.29 is 9.59 Å². The van der Waals surface area contributed by atoms with Gasteiger partial charge < -0.3 is 0 Å². The summed E-state index contributed by atoms with van der Waals surface area (Å²) in [6, 6.07) is 18.9. The molecule has 5 heteroatoms. The number of hydrogen-bond donors (Lipinski definition) is 1. The van der Waals surface area contributed by atoms with Crippen LogP contribution in [-0.2, 0) is 6.42 Å². The number of carbonyl (C=O) groups is 2. The molecule has 2 aromatic carbocycles. The van der Waals surface area contributed by atoms with Crippen molar-refractivity contribution in [2.75, 3.05) is 5.32 Å². The molecule has 1 N–H and O–H groups in total. The van der Waals surface area contributed by atoms with Gasteiger partial charge in [0.2, 0.25) is 0 Å². The molecule has 0 radical (unpaired) electrons. The molecule has 1 aromatic heterocycles. The largest absolute Gasteiger partial charge is 0.298 e. The highest BCUT2D eigenvalue weighted by molar-refractivity contribution is 7.17. The van der Waals surface area contributed by atoms with E-state index in [9.17, 15) is 9.59 Å². The van der Waals surface area contributed by atoms with Crippen LogP contribution in [0.2, 0.25) is 0 Å². The standard InChI is InChI=1S/C20H18N2O2S/c1-14-18(17(23)13-12-15-8-4-2-5-9-15)25-20(21-14)22-19(24)16-10-6-3-7-11-16/h2-11H,12-13H2,1H3,(H,21,22,24). The molecule has 0 atom stereocenters. The van der Waals surface area contributed by atoms with E-state index in [4.69, 9.17) is 0 Å². The van der Waals surface area contributed by atoms with E-state index in [-0.39, 0.29) is 11.7 Å². The Kier molecular flexibility index (Phi) is 5.36. The average Bonchev–Trinajstić information content (AvgIpc) is 3.01. The van der Waals surface area contributed by atoms with Crippen LogP contribution >= 0.6 is 11.3 Å². The van der Waals surface area contributed by atoms with Crippen molar-refractivity contribution >= 4 is 28.2 Å². The zero-order valence-electron chi connectivity index (χ0n) is 13.9. The number of thiazole rings is 1. The Morgan fingerprint density at radius 2 is 1.64 bits per heavy atom. The summed E-state index contributed by atoms with van der Waals surface area (Å²) in [4.78, 5) is 29.6. The van der Waals surface area contributed by atoms with Gasteiger partial charge in [0.05, 0.1) is 10.6 Å². The second-order valence-electron chi connectivity index (χ2n) is 5.66. The molecule has 25 heavy (non-hydrogen) atoms. The van der Waals surface area contributed by atoms with Crippen LogP contribution in [0.3, 0.4) is 0 Å². The number of rotatable bonds is 6. The molecule has 0 fully saturated rings. The molecule has 0 saturated heterocycles. The van der Waals surface area contributed by atoms with Crippen LogP contribution in [0.5, 0.6) is 0 Å². The number of benzene rings is 2. The van der Waals surface area contributed by atoms with Gasteiger partial charge >= 0.3 is 0 Å². The molecule has 0 spiro atoms. The van der Waals surface area contributed by atoms with Gasteiger partial charge in [-0.3, -0.25) is 14.9 Å². The summed E-state index contributed by atoms with van der Waals surface area (Å²) >= 11 is 1.23. The SMILES string of the molecule is Cc1nc(NC(=O)c2ccccc2)sc1C(=O)CCc1ccccc1. The van der Waals surface area contributed by atoms with Crippen LogP contribution in [0.25, 0.3) is 0 Å². The summed E-state index contributed by atoms with van der Waals surface area (Å²) in [6.45, 7) is 1.80. The first kappa shape index (κ1) is 17.0. The number of hydrogen-bond acceptors (Lipinski definition) is 4. The maximum atomic E-state index is 12.5. The monoisotopic (exact) mass is 350 g/mol. The van der Waals surface area contributed by atoms with E-state index >= 15 is 0 Å². The Hall–Kier alpha value is -2.79. The Morgan fingerprint density at radius 1 is 1.00 bits per heavy atom. The number of Topliss-reactive ketones (excluding diaryl/α,β-unsaturated/α-hetero) is 1. The van der Waals surface area contributed by atoms with Gasteiger partial charge in [0.1, 0.15) is 0 Å². The summed E-state index contributed by atoms with van der Waals surface area (Å²) < 4.78 is 0. The lowest BCUT2D eigenvalue weighted by Crippen LogP contribution is -2.11. The fraction of sp³-hybridized carbons (Fsp3) is 0.150. The number of nitrogens with one attached hydrogen (secondary N) is 1. The molecule has 4 nitrogen and oxygen atoms in total. The quantitative estimate of drug-likeness (QED) is 0.665. The highest BCUT2D eigenvalue weighted by atomic mass is 32.1. The van der Waals surface area contributed by atoms with E-state index in [0.29, 0.717) is 34.1 Å². The molecule has 0 aliphatic carbocycles. The second kappa shape index (κ2) is 7.85. The molecule has 0 aliphatic heterocycles. The summed E-state index contributed by atoms with van der Waals surface area (Å²) in [6.07, 6.45) is 1.13. The Balaban J connectivity index is 1.65. The van der Waals surface area contributed by atoms with Crippen LogP contribution in [0.1, 0.15) is 37.7 Å². The van der Waals surface area contributed by atoms with E-state index in [1.165, 1.54) is 11.3 Å². The van der Waals surface area contributed by atoms with Gasteiger partial charge in [0, 0.05) is 12.0 Å². The number of amides is 1. The lowest BCUT2D eigenvalue weighted by molar-refractivity contribution is 0.0984. The molecule has 1 amide bonds. The van der Waals surface area contributed by atoms with Crippen molar-refractivity contribution in [1.29, 1.82) is 0 Å². The molecule has 3 rings (SSSR count). The van der Waals surface area contributed by atoms with Crippen molar-refractivity contribution in [3.05, 3.63) is 82.4 Å². The van der Waals surface area contributed by atoms with Gasteiger partial charge in [-0.25, -0.2) is 4.98 Å². The Morgan fingerprint density at radius 3 is 2.32 bits per heavy atom. The minimum absolute atomic E-state index is 0.0547. The highest BCUT2D eigenvalue weighted by Gasteiger charge is 2.17. The smallest absolute Gasteiger partial charge is 0.257 e. The van der Waals surface area contributed by atoms with E-state index < -0.39 is 0 Å². The van der Waals surface area contributed by atoms with Crippen molar-refractivity contribution in [2.24, 2.45) is 0 Å². The van der Waals surface area contributed by atoms with Crippen molar-refractivity contribution in [3.63, 3.8) is 0 Å². The summed E-state index contributed by atoms with van der Waals surface area (Å²) in [7, 11) is 0. The Bertz CT molecular complexity index is 873. The predicted octanol–water partition coefficient (Wildman–Crippen LogP) is 4.52. The van der Waals surface area contributed by atoms with Crippen LogP contribution in [0, 0.1) is 6.92 Å². The fourth-order valence-electron chi connectivity index (χ4n) is 2.48. The van der Waals surface area contributed by atoms with Gasteiger partial charge in [-0.2, -0.15) is 0 Å². The molecular formula is C20H18N2O2S. The topological polar surface area (TPSA) is 59.1 Å². The van der Waals surface area contributed by atoms with E-state index in [0.717, 1.165) is 5.56 Å². The van der Waals surface area contributed by atoms with Crippen LogP contribution < -0.4 is 5.32 Å². The first-order valence-corrected chi connectivity index (χ1v) is 8.86. The first-order valence-electron chi connectivity index (χ1n) is 8.04. The number of aryl methyl sites for hydroxylation is 2. The molecule has 0 unspecified atom stereocenters. The number of anilines is 1. The predicted molar refractivity (Wildman–Crippen MR) is 100 cm³/mol. The first-order chi connectivity index (χ1) is 12.1. The zero-order chi connectivity index (χ0) is 17.6. The van der Waals surface area contributed by atoms with Crippen LogP contribution in [0.4, 0.5) is 5.13 Å². The third-order valence-corrected chi connectivity index (χ3v) is 4.90. The van der Waals surface area contributed by atoms with Gasteiger partial charge in [0.15, 0.2) is 10.9 Å². The van der Waals surface area contributed by atoms with E-state index in [1.54, 1.807) is 31.2 Å². The molecular weight excluding hydrogens is 332 g/mol. The number of nitrogens with zero attached hydrogens (tertiary/aromatic N) is 1. The van der Waals surface area contributed by atoms with Crippen LogP contribution in [0.15, 0.2) is 60.7 Å². The maximum absolute atomic E-state index is 12.5. The summed E-state index contributed by atoms with van der Waals surface area (Å²) in [5.74, 6) is -0.170. The van der Waals surface area contributed by atoms with Gasteiger partial charge in [-0.05, 0) is 31.0 Å². The van der Waals surface area contributed by atoms with Crippen LogP contribution in [-0.4, -0.2) is 16.7 Å². The van der Waals surface area contributed by atoms with E-state index in [1.807, 2.05) is 36.4 Å². The number of aromatic nitrogens is 1. The Labute approximate surface area is 150 Å². The van der Waals surface area contributed by atoms with Gasteiger partial charge in [0.25, 0.3) is 5.91 Å². The molecule has 0 bridgehead atoms. The fourth-order valence-corrected chi connectivity index (χ4v) is 3.41. The van der Waals surface area contributed by atoms with E-state index in [2.05, 4.69) is 10.3 Å². The molecule has 0 aliphatic rings. The lowest BCUT2D eigenvalue weighted by atomic mass is 10.1. The second-order valence-corrected chi connectivity index (χ2v) is 6.66. The number of ketones is 1. The summed E-state index contributed by atoms with van der Waals surface area (Å²) in [5.41, 5.74) is 2.36. The van der Waals surface area contributed by atoms with Crippen molar-refractivity contribution in [2.45, 2.75) is 19.8 Å². The normalized spacial score (nSPS) is 10.4.